The van der Waals surface area contributed by atoms with Crippen molar-refractivity contribution in [2.75, 3.05) is 7.11 Å². The van der Waals surface area contributed by atoms with E-state index < -0.39 is 10.8 Å². The van der Waals surface area contributed by atoms with Gasteiger partial charge in [-0.05, 0) is 42.8 Å². The molecule has 0 saturated carbocycles. The van der Waals surface area contributed by atoms with Gasteiger partial charge in [0.2, 0.25) is 0 Å². The topological polar surface area (TPSA) is 90.5 Å². The van der Waals surface area contributed by atoms with Crippen LogP contribution in [0.1, 0.15) is 21.7 Å². The lowest BCUT2D eigenvalue weighted by Crippen LogP contribution is -2.30. The highest BCUT2D eigenvalue weighted by molar-refractivity contribution is 6.30. The number of carbonyl (C=O) groups is 1. The maximum atomic E-state index is 12.8. The Bertz CT molecular complexity index is 1000. The van der Waals surface area contributed by atoms with Gasteiger partial charge in [0.05, 0.1) is 24.3 Å². The van der Waals surface area contributed by atoms with Gasteiger partial charge in [-0.2, -0.15) is 5.10 Å². The van der Waals surface area contributed by atoms with Gasteiger partial charge in [0, 0.05) is 22.8 Å². The van der Waals surface area contributed by atoms with Crippen LogP contribution >= 0.6 is 11.6 Å². The van der Waals surface area contributed by atoms with Gasteiger partial charge >= 0.3 is 0 Å². The summed E-state index contributed by atoms with van der Waals surface area (Å²) in [5.74, 6) is -0.420. The molecule has 0 spiro atoms. The van der Waals surface area contributed by atoms with E-state index in [9.17, 15) is 14.9 Å². The van der Waals surface area contributed by atoms with Crippen LogP contribution in [0.5, 0.6) is 0 Å². The number of nitro benzene ring substituents is 1. The van der Waals surface area contributed by atoms with Crippen LogP contribution in [0, 0.1) is 17.0 Å². The van der Waals surface area contributed by atoms with Gasteiger partial charge in [-0.25, -0.2) is 9.75 Å². The fourth-order valence-corrected chi connectivity index (χ4v) is 2.78. The van der Waals surface area contributed by atoms with Gasteiger partial charge in [0.15, 0.2) is 5.69 Å². The van der Waals surface area contributed by atoms with E-state index >= 15 is 0 Å². The van der Waals surface area contributed by atoms with Crippen LogP contribution in [0.3, 0.4) is 0 Å². The molecular formula is C19H17ClN4O4. The molecule has 9 heteroatoms. The van der Waals surface area contributed by atoms with E-state index in [0.29, 0.717) is 10.6 Å². The number of rotatable bonds is 6. The average molecular weight is 401 g/mol. The quantitative estimate of drug-likeness (QED) is 0.461. The maximum absolute atomic E-state index is 12.8. The Labute approximate surface area is 166 Å². The highest BCUT2D eigenvalue weighted by Gasteiger charge is 2.21. The number of carbonyl (C=O) groups excluding carboxylic acids is 1. The molecule has 2 aromatic carbocycles. The molecular weight excluding hydrogens is 384 g/mol. The van der Waals surface area contributed by atoms with Crippen LogP contribution < -0.4 is 0 Å². The molecule has 1 heterocycles. The molecule has 28 heavy (non-hydrogen) atoms. The standard InChI is InChI=1S/C19H17ClN4O4/c1-13-11-18(21-23(13)16-9-5-15(20)6-10-16)19(25)22(28-2)12-14-3-7-17(8-4-14)24(26)27/h3-11H,12H2,1-2H3. The number of hydrogen-bond donors (Lipinski definition) is 0. The molecule has 0 radical (unpaired) electrons. The van der Waals surface area contributed by atoms with Crippen LogP contribution in [0.15, 0.2) is 54.6 Å². The minimum Gasteiger partial charge on any atom is -0.274 e. The summed E-state index contributed by atoms with van der Waals surface area (Å²) >= 11 is 5.91. The number of aryl methyl sites for hydroxylation is 1. The first kappa shape index (κ1) is 19.5. The number of halogens is 1. The van der Waals surface area contributed by atoms with Gasteiger partial charge in [-0.3, -0.25) is 19.7 Å². The third-order valence-corrected chi connectivity index (χ3v) is 4.35. The van der Waals surface area contributed by atoms with Gasteiger partial charge in [0.25, 0.3) is 11.6 Å². The third kappa shape index (κ3) is 4.19. The van der Waals surface area contributed by atoms with Gasteiger partial charge in [0.1, 0.15) is 0 Å². The van der Waals surface area contributed by atoms with Crippen LogP contribution in [0.2, 0.25) is 5.02 Å². The number of hydrogen-bond acceptors (Lipinski definition) is 5. The molecule has 0 aliphatic rings. The van der Waals surface area contributed by atoms with Crippen molar-refractivity contribution >= 4 is 23.2 Å². The van der Waals surface area contributed by atoms with Crippen molar-refractivity contribution in [2.24, 2.45) is 0 Å². The van der Waals surface area contributed by atoms with Gasteiger partial charge < -0.3 is 0 Å². The Hall–Kier alpha value is -3.23. The molecule has 0 atom stereocenters. The van der Waals surface area contributed by atoms with Crippen molar-refractivity contribution in [3.05, 3.63) is 86.7 Å². The zero-order valence-corrected chi connectivity index (χ0v) is 16.0. The van der Waals surface area contributed by atoms with Gasteiger partial charge in [-0.15, -0.1) is 0 Å². The Morgan fingerprint density at radius 3 is 2.43 bits per heavy atom. The normalized spacial score (nSPS) is 10.7. The van der Waals surface area contributed by atoms with Crippen LogP contribution in [0.25, 0.3) is 5.69 Å². The molecule has 0 N–H and O–H groups in total. The molecule has 144 valence electrons. The largest absolute Gasteiger partial charge is 0.298 e. The van der Waals surface area contributed by atoms with E-state index in [1.807, 2.05) is 19.1 Å². The van der Waals surface area contributed by atoms with Crippen LogP contribution in [-0.4, -0.2) is 32.8 Å². The molecule has 0 unspecified atom stereocenters. The second-order valence-corrected chi connectivity index (χ2v) is 6.44. The highest BCUT2D eigenvalue weighted by Crippen LogP contribution is 2.18. The molecule has 3 rings (SSSR count). The van der Waals surface area contributed by atoms with E-state index in [-0.39, 0.29) is 17.9 Å². The second kappa shape index (κ2) is 8.20. The van der Waals surface area contributed by atoms with Crippen LogP contribution in [0.4, 0.5) is 5.69 Å². The maximum Gasteiger partial charge on any atom is 0.298 e. The van der Waals surface area contributed by atoms with Crippen LogP contribution in [-0.2, 0) is 11.4 Å². The molecule has 1 amide bonds. The molecule has 0 fully saturated rings. The lowest BCUT2D eigenvalue weighted by atomic mass is 10.2. The minimum atomic E-state index is -0.477. The van der Waals surface area contributed by atoms with E-state index in [1.54, 1.807) is 35.0 Å². The Kier molecular flexibility index (Phi) is 5.72. The fraction of sp³-hybridized carbons (Fsp3) is 0.158. The number of hydroxylamine groups is 2. The Morgan fingerprint density at radius 2 is 1.86 bits per heavy atom. The van der Waals surface area contributed by atoms with E-state index in [1.165, 1.54) is 19.2 Å². The van der Waals surface area contributed by atoms with E-state index in [4.69, 9.17) is 16.4 Å². The lowest BCUT2D eigenvalue weighted by Gasteiger charge is -2.18. The highest BCUT2D eigenvalue weighted by atomic mass is 35.5. The first-order valence-corrected chi connectivity index (χ1v) is 8.68. The van der Waals surface area contributed by atoms with E-state index in [2.05, 4.69) is 5.10 Å². The summed E-state index contributed by atoms with van der Waals surface area (Å²) in [7, 11) is 1.38. The number of amides is 1. The number of nitro groups is 1. The summed E-state index contributed by atoms with van der Waals surface area (Å²) in [6.45, 7) is 1.96. The molecule has 0 aliphatic carbocycles. The average Bonchev–Trinajstić information content (AvgIpc) is 3.08. The summed E-state index contributed by atoms with van der Waals surface area (Å²) in [6.07, 6.45) is 0. The number of nitrogens with zero attached hydrogens (tertiary/aromatic N) is 4. The molecule has 0 saturated heterocycles. The summed E-state index contributed by atoms with van der Waals surface area (Å²) < 4.78 is 1.64. The summed E-state index contributed by atoms with van der Waals surface area (Å²) in [5.41, 5.74) is 2.44. The first-order valence-electron chi connectivity index (χ1n) is 8.31. The number of benzene rings is 2. The van der Waals surface area contributed by atoms with Crippen molar-refractivity contribution < 1.29 is 14.6 Å². The SMILES string of the molecule is CON(Cc1ccc([N+](=O)[O-])cc1)C(=O)c1cc(C)n(-c2ccc(Cl)cc2)n1. The Balaban J connectivity index is 1.80. The van der Waals surface area contributed by atoms with Crippen molar-refractivity contribution in [1.82, 2.24) is 14.8 Å². The minimum absolute atomic E-state index is 0.0172. The summed E-state index contributed by atoms with van der Waals surface area (Å²) in [5, 5.41) is 16.9. The van der Waals surface area contributed by atoms with Crippen molar-refractivity contribution in [3.8, 4) is 5.69 Å². The molecule has 8 nitrogen and oxygen atoms in total. The van der Waals surface area contributed by atoms with Crippen molar-refractivity contribution in [3.63, 3.8) is 0 Å². The Morgan fingerprint density at radius 1 is 1.21 bits per heavy atom. The third-order valence-electron chi connectivity index (χ3n) is 4.10. The second-order valence-electron chi connectivity index (χ2n) is 6.01. The molecule has 1 aromatic heterocycles. The predicted octanol–water partition coefficient (Wildman–Crippen LogP) is 3.95. The van der Waals surface area contributed by atoms with Crippen molar-refractivity contribution in [1.29, 1.82) is 0 Å². The van der Waals surface area contributed by atoms with E-state index in [0.717, 1.165) is 16.4 Å². The van der Waals surface area contributed by atoms with Crippen molar-refractivity contribution in [2.45, 2.75) is 13.5 Å². The fourth-order valence-electron chi connectivity index (χ4n) is 2.66. The zero-order valence-electron chi connectivity index (χ0n) is 15.2. The number of non-ortho nitro benzene ring substituents is 1. The smallest absolute Gasteiger partial charge is 0.274 e. The van der Waals surface area contributed by atoms with Gasteiger partial charge in [-0.1, -0.05) is 23.7 Å². The summed E-state index contributed by atoms with van der Waals surface area (Å²) in [4.78, 5) is 28.3. The molecule has 3 aromatic rings. The first-order chi connectivity index (χ1) is 13.4. The lowest BCUT2D eigenvalue weighted by molar-refractivity contribution is -0.384. The number of aromatic nitrogens is 2. The molecule has 0 aliphatic heterocycles. The zero-order chi connectivity index (χ0) is 20.3. The summed E-state index contributed by atoms with van der Waals surface area (Å²) in [6, 6.07) is 14.7. The molecule has 0 bridgehead atoms. The predicted molar refractivity (Wildman–Crippen MR) is 103 cm³/mol. The monoisotopic (exact) mass is 400 g/mol.